The second-order valence-electron chi connectivity index (χ2n) is 9.47. The van der Waals surface area contributed by atoms with Crippen LogP contribution in [0.1, 0.15) is 25.0 Å². The Balaban J connectivity index is 1.39. The summed E-state index contributed by atoms with van der Waals surface area (Å²) in [6.07, 6.45) is -1.41. The predicted octanol–water partition coefficient (Wildman–Crippen LogP) is 8.09. The fraction of sp³-hybridized carbons (Fsp3) is 0.188. The topological polar surface area (TPSA) is 76.7 Å². The summed E-state index contributed by atoms with van der Waals surface area (Å²) in [5.41, 5.74) is 5.18. The van der Waals surface area contributed by atoms with E-state index in [1.807, 2.05) is 50.2 Å². The van der Waals surface area contributed by atoms with E-state index in [2.05, 4.69) is 10.6 Å². The highest BCUT2D eigenvalue weighted by atomic mass is 35.5. The lowest BCUT2D eigenvalue weighted by Gasteiger charge is -2.17. The van der Waals surface area contributed by atoms with Gasteiger partial charge in [0.25, 0.3) is 11.8 Å². The van der Waals surface area contributed by atoms with Crippen LogP contribution in [-0.4, -0.2) is 24.0 Å². The van der Waals surface area contributed by atoms with Gasteiger partial charge in [0.05, 0.1) is 0 Å². The smallest absolute Gasteiger partial charge is 0.265 e. The zero-order chi connectivity index (χ0) is 28.8. The zero-order valence-corrected chi connectivity index (χ0v) is 24.1. The number of anilines is 2. The Hall–Kier alpha value is -4.00. The Bertz CT molecular complexity index is 1420. The van der Waals surface area contributed by atoms with Crippen molar-refractivity contribution in [3.05, 3.63) is 106 Å². The van der Waals surface area contributed by atoms with Gasteiger partial charge >= 0.3 is 0 Å². The Morgan fingerprint density at radius 1 is 0.625 bits per heavy atom. The molecule has 2 amide bonds. The fourth-order valence-electron chi connectivity index (χ4n) is 4.03. The molecule has 0 heterocycles. The summed E-state index contributed by atoms with van der Waals surface area (Å²) in [6, 6.07) is 25.5. The molecule has 4 rings (SSSR count). The number of carbonyl (C=O) groups excluding carboxylic acids is 2. The molecule has 8 heteroatoms. The van der Waals surface area contributed by atoms with Crippen LogP contribution in [-0.2, 0) is 9.59 Å². The SMILES string of the molecule is Cc1cc(-c2ccc(NC(=O)C(C)Oc3cccc(Cl)c3)c(C)c2)ccc1NC(=O)C(C)Oc1cccc(Cl)c1. The molecule has 4 aromatic carbocycles. The third-order valence-electron chi connectivity index (χ3n) is 6.26. The number of carbonyl (C=O) groups is 2. The van der Waals surface area contributed by atoms with Gasteiger partial charge in [0.2, 0.25) is 0 Å². The molecule has 0 aliphatic heterocycles. The van der Waals surface area contributed by atoms with E-state index in [4.69, 9.17) is 32.7 Å². The van der Waals surface area contributed by atoms with Crippen LogP contribution in [0.3, 0.4) is 0 Å². The lowest BCUT2D eigenvalue weighted by atomic mass is 9.99. The number of rotatable bonds is 9. The standard InChI is InChI=1S/C32H30Cl2N2O4/c1-19-15-23(11-13-29(19)35-31(37)21(3)39-27-9-5-7-25(33)17-27)24-12-14-30(20(2)16-24)36-32(38)22(4)40-28-10-6-8-26(34)18-28/h5-18,21-22H,1-4H3,(H,35,37)(H,36,38). The lowest BCUT2D eigenvalue weighted by Crippen LogP contribution is -2.30. The van der Waals surface area contributed by atoms with Gasteiger partial charge in [0.1, 0.15) is 11.5 Å². The van der Waals surface area contributed by atoms with E-state index in [9.17, 15) is 9.59 Å². The first kappa shape index (κ1) is 29.0. The van der Waals surface area contributed by atoms with Gasteiger partial charge in [-0.15, -0.1) is 0 Å². The number of hydrogen-bond acceptors (Lipinski definition) is 4. The van der Waals surface area contributed by atoms with Crippen molar-refractivity contribution in [3.63, 3.8) is 0 Å². The van der Waals surface area contributed by atoms with Crippen molar-refractivity contribution in [2.24, 2.45) is 0 Å². The van der Waals surface area contributed by atoms with Crippen LogP contribution < -0.4 is 20.1 Å². The molecule has 0 saturated carbocycles. The first-order valence-corrected chi connectivity index (χ1v) is 13.5. The highest BCUT2D eigenvalue weighted by Gasteiger charge is 2.18. The van der Waals surface area contributed by atoms with Crippen molar-refractivity contribution in [1.82, 2.24) is 0 Å². The van der Waals surface area contributed by atoms with Gasteiger partial charge < -0.3 is 20.1 Å². The summed E-state index contributed by atoms with van der Waals surface area (Å²) in [5, 5.41) is 6.95. The van der Waals surface area contributed by atoms with Crippen molar-refractivity contribution in [2.75, 3.05) is 10.6 Å². The van der Waals surface area contributed by atoms with Gasteiger partial charge in [-0.25, -0.2) is 0 Å². The minimum absolute atomic E-state index is 0.264. The van der Waals surface area contributed by atoms with Crippen LogP contribution in [0.4, 0.5) is 11.4 Å². The maximum atomic E-state index is 12.7. The lowest BCUT2D eigenvalue weighted by molar-refractivity contribution is -0.122. The second-order valence-corrected chi connectivity index (χ2v) is 10.3. The molecule has 0 aromatic heterocycles. The Kier molecular flexibility index (Phi) is 9.35. The molecule has 0 spiro atoms. The summed E-state index contributed by atoms with van der Waals surface area (Å²) in [7, 11) is 0. The summed E-state index contributed by atoms with van der Waals surface area (Å²) < 4.78 is 11.4. The number of ether oxygens (including phenoxy) is 2. The summed E-state index contributed by atoms with van der Waals surface area (Å²) in [4.78, 5) is 25.5. The predicted molar refractivity (Wildman–Crippen MR) is 162 cm³/mol. The van der Waals surface area contributed by atoms with Crippen molar-refractivity contribution in [1.29, 1.82) is 0 Å². The number of hydrogen-bond donors (Lipinski definition) is 2. The van der Waals surface area contributed by atoms with Gasteiger partial charge in [-0.05, 0) is 111 Å². The average Bonchev–Trinajstić information content (AvgIpc) is 2.90. The van der Waals surface area contributed by atoms with Crippen molar-refractivity contribution in [3.8, 4) is 22.6 Å². The monoisotopic (exact) mass is 576 g/mol. The van der Waals surface area contributed by atoms with Crippen LogP contribution in [0.15, 0.2) is 84.9 Å². The fourth-order valence-corrected chi connectivity index (χ4v) is 4.39. The summed E-state index contributed by atoms with van der Waals surface area (Å²) in [6.45, 7) is 7.25. The maximum absolute atomic E-state index is 12.7. The zero-order valence-electron chi connectivity index (χ0n) is 22.6. The molecular weight excluding hydrogens is 547 g/mol. The van der Waals surface area contributed by atoms with Crippen molar-refractivity contribution >= 4 is 46.4 Å². The van der Waals surface area contributed by atoms with Crippen LogP contribution in [0, 0.1) is 13.8 Å². The normalized spacial score (nSPS) is 12.2. The van der Waals surface area contributed by atoms with Crippen LogP contribution in [0.5, 0.6) is 11.5 Å². The number of nitrogens with one attached hydrogen (secondary N) is 2. The average molecular weight is 578 g/mol. The molecule has 0 fully saturated rings. The third kappa shape index (κ3) is 7.56. The Morgan fingerprint density at radius 3 is 1.38 bits per heavy atom. The maximum Gasteiger partial charge on any atom is 0.265 e. The Labute approximate surface area is 244 Å². The largest absolute Gasteiger partial charge is 0.481 e. The molecular formula is C32H30Cl2N2O4. The molecule has 0 saturated heterocycles. The first-order chi connectivity index (χ1) is 19.1. The number of halogens is 2. The van der Waals surface area contributed by atoms with Gasteiger partial charge in [0, 0.05) is 21.4 Å². The molecule has 0 bridgehead atoms. The van der Waals surface area contributed by atoms with Gasteiger partial charge in [-0.2, -0.15) is 0 Å². The molecule has 2 atom stereocenters. The van der Waals surface area contributed by atoms with E-state index in [1.54, 1.807) is 62.4 Å². The third-order valence-corrected chi connectivity index (χ3v) is 6.73. The number of amides is 2. The van der Waals surface area contributed by atoms with E-state index in [1.165, 1.54) is 0 Å². The minimum atomic E-state index is -0.707. The van der Waals surface area contributed by atoms with Gasteiger partial charge in [-0.3, -0.25) is 9.59 Å². The first-order valence-electron chi connectivity index (χ1n) is 12.8. The second kappa shape index (κ2) is 12.9. The Morgan fingerprint density at radius 2 is 1.02 bits per heavy atom. The van der Waals surface area contributed by atoms with E-state index >= 15 is 0 Å². The minimum Gasteiger partial charge on any atom is -0.481 e. The highest BCUT2D eigenvalue weighted by Crippen LogP contribution is 2.29. The van der Waals surface area contributed by atoms with Crippen LogP contribution >= 0.6 is 23.2 Å². The van der Waals surface area contributed by atoms with Crippen molar-refractivity contribution in [2.45, 2.75) is 39.9 Å². The summed E-state index contributed by atoms with van der Waals surface area (Å²) in [5.74, 6) is 0.529. The van der Waals surface area contributed by atoms with E-state index in [-0.39, 0.29) is 11.8 Å². The molecule has 2 unspecified atom stereocenters. The molecule has 2 N–H and O–H groups in total. The molecule has 0 radical (unpaired) electrons. The van der Waals surface area contributed by atoms with E-state index in [0.29, 0.717) is 32.9 Å². The van der Waals surface area contributed by atoms with Gasteiger partial charge in [0.15, 0.2) is 12.2 Å². The molecule has 0 aliphatic rings. The number of benzene rings is 4. The van der Waals surface area contributed by atoms with E-state index < -0.39 is 12.2 Å². The summed E-state index contributed by atoms with van der Waals surface area (Å²) >= 11 is 12.0. The van der Waals surface area contributed by atoms with Crippen LogP contribution in [0.2, 0.25) is 10.0 Å². The van der Waals surface area contributed by atoms with Crippen LogP contribution in [0.25, 0.3) is 11.1 Å². The number of aryl methyl sites for hydroxylation is 2. The van der Waals surface area contributed by atoms with Crippen molar-refractivity contribution < 1.29 is 19.1 Å². The molecule has 40 heavy (non-hydrogen) atoms. The molecule has 206 valence electrons. The molecule has 0 aliphatic carbocycles. The molecule has 4 aromatic rings. The van der Waals surface area contributed by atoms with E-state index in [0.717, 1.165) is 22.3 Å². The molecule has 6 nitrogen and oxygen atoms in total. The highest BCUT2D eigenvalue weighted by molar-refractivity contribution is 6.31. The quantitative estimate of drug-likeness (QED) is 0.211. The van der Waals surface area contributed by atoms with Gasteiger partial charge in [-0.1, -0.05) is 47.5 Å².